The van der Waals surface area contributed by atoms with E-state index >= 15 is 0 Å². The van der Waals surface area contributed by atoms with E-state index in [1.807, 2.05) is 13.0 Å². The van der Waals surface area contributed by atoms with Crippen molar-refractivity contribution in [3.05, 3.63) is 23.5 Å². The molecule has 1 N–H and O–H groups in total. The van der Waals surface area contributed by atoms with Gasteiger partial charge in [0.25, 0.3) is 6.43 Å². The summed E-state index contributed by atoms with van der Waals surface area (Å²) in [6.07, 6.45) is -0.590. The number of aromatic nitrogens is 1. The maximum Gasteiger partial charge on any atom is 0.255 e. The summed E-state index contributed by atoms with van der Waals surface area (Å²) in [5.74, 6) is 0. The third kappa shape index (κ3) is 5.51. The van der Waals surface area contributed by atoms with Crippen LogP contribution < -0.4 is 10.2 Å². The van der Waals surface area contributed by atoms with Gasteiger partial charge >= 0.3 is 0 Å². The molecule has 5 heteroatoms. The average Bonchev–Trinajstić information content (AvgIpc) is 2.25. The maximum atomic E-state index is 12.5. The van der Waals surface area contributed by atoms with Crippen LogP contribution in [-0.4, -0.2) is 30.5 Å². The molecule has 0 amide bonds. The summed E-state index contributed by atoms with van der Waals surface area (Å²) in [6, 6.07) is 1.85. The van der Waals surface area contributed by atoms with Crippen LogP contribution in [-0.2, 0) is 6.54 Å². The number of hydrogen-bond donors (Lipinski definition) is 1. The number of nitrogens with one attached hydrogen (secondary N) is 1. The SMILES string of the molecule is Cc1cc(N(C)CC(F)F)c(CNC(C)(C)C)cn1. The molecular weight excluding hydrogens is 248 g/mol. The lowest BCUT2D eigenvalue weighted by molar-refractivity contribution is 0.156. The van der Waals surface area contributed by atoms with E-state index in [0.29, 0.717) is 6.54 Å². The van der Waals surface area contributed by atoms with Crippen LogP contribution in [0.15, 0.2) is 12.3 Å². The summed E-state index contributed by atoms with van der Waals surface area (Å²) in [5, 5.41) is 3.35. The van der Waals surface area contributed by atoms with Crippen molar-refractivity contribution in [1.82, 2.24) is 10.3 Å². The Labute approximate surface area is 114 Å². The first-order valence-electron chi connectivity index (χ1n) is 6.39. The van der Waals surface area contributed by atoms with Crippen LogP contribution >= 0.6 is 0 Å². The average molecular weight is 271 g/mol. The Balaban J connectivity index is 2.91. The zero-order valence-corrected chi connectivity index (χ0v) is 12.3. The molecule has 0 saturated heterocycles. The molecule has 108 valence electrons. The Morgan fingerprint density at radius 3 is 2.53 bits per heavy atom. The van der Waals surface area contributed by atoms with E-state index in [1.54, 1.807) is 18.1 Å². The molecule has 0 radical (unpaired) electrons. The molecule has 0 aromatic carbocycles. The van der Waals surface area contributed by atoms with Crippen LogP contribution in [0.2, 0.25) is 0 Å². The van der Waals surface area contributed by atoms with Crippen molar-refractivity contribution < 1.29 is 8.78 Å². The third-order valence-electron chi connectivity index (χ3n) is 2.73. The summed E-state index contributed by atoms with van der Waals surface area (Å²) >= 11 is 0. The lowest BCUT2D eigenvalue weighted by Gasteiger charge is -2.25. The zero-order valence-electron chi connectivity index (χ0n) is 12.3. The standard InChI is InChI=1S/C14H23F2N3/c1-10-6-12(19(5)9-13(15)16)11(7-17-10)8-18-14(2,3)4/h6-7,13,18H,8-9H2,1-5H3. The second kappa shape index (κ2) is 6.28. The fraction of sp³-hybridized carbons (Fsp3) is 0.643. The molecule has 0 aliphatic carbocycles. The van der Waals surface area contributed by atoms with Crippen LogP contribution in [0.3, 0.4) is 0 Å². The van der Waals surface area contributed by atoms with Gasteiger partial charge in [0.2, 0.25) is 0 Å². The number of alkyl halides is 2. The smallest absolute Gasteiger partial charge is 0.255 e. The van der Waals surface area contributed by atoms with Crippen molar-refractivity contribution in [2.24, 2.45) is 0 Å². The van der Waals surface area contributed by atoms with E-state index in [-0.39, 0.29) is 12.1 Å². The molecule has 1 aromatic heterocycles. The van der Waals surface area contributed by atoms with E-state index < -0.39 is 6.43 Å². The highest BCUT2D eigenvalue weighted by Crippen LogP contribution is 2.21. The maximum absolute atomic E-state index is 12.5. The molecule has 0 saturated carbocycles. The van der Waals surface area contributed by atoms with Gasteiger partial charge in [-0.1, -0.05) is 0 Å². The first-order chi connectivity index (χ1) is 8.69. The van der Waals surface area contributed by atoms with Gasteiger partial charge in [-0.15, -0.1) is 0 Å². The number of aryl methyl sites for hydroxylation is 1. The highest BCUT2D eigenvalue weighted by atomic mass is 19.3. The van der Waals surface area contributed by atoms with Crippen LogP contribution in [0.25, 0.3) is 0 Å². The minimum absolute atomic E-state index is 0.0244. The summed E-state index contributed by atoms with van der Waals surface area (Å²) in [5.41, 5.74) is 2.55. The number of nitrogens with zero attached hydrogens (tertiary/aromatic N) is 2. The first-order valence-corrected chi connectivity index (χ1v) is 6.39. The molecule has 0 bridgehead atoms. The summed E-state index contributed by atoms with van der Waals surface area (Å²) in [4.78, 5) is 5.83. The third-order valence-corrected chi connectivity index (χ3v) is 2.73. The lowest BCUT2D eigenvalue weighted by Crippen LogP contribution is -2.36. The highest BCUT2D eigenvalue weighted by molar-refractivity contribution is 5.53. The van der Waals surface area contributed by atoms with Crippen molar-refractivity contribution in [1.29, 1.82) is 0 Å². The quantitative estimate of drug-likeness (QED) is 0.892. The fourth-order valence-corrected chi connectivity index (χ4v) is 1.73. The van der Waals surface area contributed by atoms with Crippen LogP contribution in [0, 0.1) is 6.92 Å². The van der Waals surface area contributed by atoms with E-state index in [0.717, 1.165) is 16.9 Å². The zero-order chi connectivity index (χ0) is 14.6. The predicted octanol–water partition coefficient (Wildman–Crippen LogP) is 2.98. The van der Waals surface area contributed by atoms with E-state index in [4.69, 9.17) is 0 Å². The Morgan fingerprint density at radius 1 is 1.37 bits per heavy atom. The van der Waals surface area contributed by atoms with Gasteiger partial charge in [0.15, 0.2) is 0 Å². The highest BCUT2D eigenvalue weighted by Gasteiger charge is 2.15. The molecule has 0 fully saturated rings. The topological polar surface area (TPSA) is 28.2 Å². The molecule has 1 rings (SSSR count). The van der Waals surface area contributed by atoms with Gasteiger partial charge in [-0.2, -0.15) is 0 Å². The number of pyridine rings is 1. The molecule has 1 aromatic rings. The number of hydrogen-bond acceptors (Lipinski definition) is 3. The predicted molar refractivity (Wildman–Crippen MR) is 74.8 cm³/mol. The van der Waals surface area contributed by atoms with Gasteiger partial charge in [0, 0.05) is 42.3 Å². The van der Waals surface area contributed by atoms with Crippen molar-refractivity contribution >= 4 is 5.69 Å². The number of anilines is 1. The van der Waals surface area contributed by atoms with Crippen molar-refractivity contribution in [2.75, 3.05) is 18.5 Å². The van der Waals surface area contributed by atoms with Gasteiger partial charge in [-0.25, -0.2) is 8.78 Å². The van der Waals surface area contributed by atoms with Gasteiger partial charge < -0.3 is 10.2 Å². The Hall–Kier alpha value is -1.23. The Kier molecular flexibility index (Phi) is 5.23. The number of rotatable bonds is 5. The second-order valence-corrected chi connectivity index (χ2v) is 5.83. The van der Waals surface area contributed by atoms with Crippen molar-refractivity contribution in [2.45, 2.75) is 46.2 Å². The van der Waals surface area contributed by atoms with Crippen LogP contribution in [0.4, 0.5) is 14.5 Å². The van der Waals surface area contributed by atoms with Crippen molar-refractivity contribution in [3.8, 4) is 0 Å². The van der Waals surface area contributed by atoms with Crippen molar-refractivity contribution in [3.63, 3.8) is 0 Å². The molecular formula is C14H23F2N3. The minimum atomic E-state index is -2.35. The molecule has 0 aliphatic heterocycles. The second-order valence-electron chi connectivity index (χ2n) is 5.83. The first kappa shape index (κ1) is 15.8. The molecule has 3 nitrogen and oxygen atoms in total. The molecule has 0 atom stereocenters. The van der Waals surface area contributed by atoms with E-state index in [9.17, 15) is 8.78 Å². The molecule has 0 unspecified atom stereocenters. The molecule has 19 heavy (non-hydrogen) atoms. The van der Waals surface area contributed by atoms with Crippen LogP contribution in [0.5, 0.6) is 0 Å². The fourth-order valence-electron chi connectivity index (χ4n) is 1.73. The molecule has 0 aliphatic rings. The van der Waals surface area contributed by atoms with E-state index in [1.165, 1.54) is 0 Å². The Bertz CT molecular complexity index is 414. The number of halogens is 2. The van der Waals surface area contributed by atoms with Gasteiger partial charge in [-0.3, -0.25) is 4.98 Å². The largest absolute Gasteiger partial charge is 0.369 e. The Morgan fingerprint density at radius 2 is 2.00 bits per heavy atom. The summed E-state index contributed by atoms with van der Waals surface area (Å²) in [6.45, 7) is 8.40. The summed E-state index contributed by atoms with van der Waals surface area (Å²) in [7, 11) is 1.68. The van der Waals surface area contributed by atoms with Gasteiger partial charge in [-0.05, 0) is 33.8 Å². The monoisotopic (exact) mass is 271 g/mol. The van der Waals surface area contributed by atoms with Crippen LogP contribution in [0.1, 0.15) is 32.0 Å². The normalized spacial score (nSPS) is 12.0. The molecule has 0 spiro atoms. The summed E-state index contributed by atoms with van der Waals surface area (Å²) < 4.78 is 25.0. The van der Waals surface area contributed by atoms with E-state index in [2.05, 4.69) is 31.1 Å². The minimum Gasteiger partial charge on any atom is -0.369 e. The molecule has 1 heterocycles. The van der Waals surface area contributed by atoms with Gasteiger partial charge in [0.05, 0.1) is 6.54 Å². The lowest BCUT2D eigenvalue weighted by atomic mass is 10.1. The van der Waals surface area contributed by atoms with Gasteiger partial charge in [0.1, 0.15) is 0 Å².